The van der Waals surface area contributed by atoms with E-state index in [1.807, 2.05) is 7.05 Å². The van der Waals surface area contributed by atoms with Crippen LogP contribution in [0.4, 0.5) is 0 Å². The molecule has 3 N–H and O–H groups in total. The zero-order chi connectivity index (χ0) is 12.8. The average molecular weight is 244 g/mol. The van der Waals surface area contributed by atoms with E-state index >= 15 is 0 Å². The highest BCUT2D eigenvalue weighted by molar-refractivity contribution is 5.85. The number of benzene rings is 1. The largest absolute Gasteiger partial charge is 0.396 e. The average Bonchev–Trinajstić information content (AvgIpc) is 3.11. The van der Waals surface area contributed by atoms with Gasteiger partial charge in [0.05, 0.1) is 6.61 Å². The molecule has 1 saturated carbocycles. The van der Waals surface area contributed by atoms with Gasteiger partial charge in [-0.1, -0.05) is 18.2 Å². The van der Waals surface area contributed by atoms with Crippen LogP contribution in [0.5, 0.6) is 0 Å². The van der Waals surface area contributed by atoms with Gasteiger partial charge in [0.1, 0.15) is 0 Å². The van der Waals surface area contributed by atoms with Crippen molar-refractivity contribution in [1.29, 1.82) is 0 Å². The van der Waals surface area contributed by atoms with E-state index in [0.29, 0.717) is 0 Å². The molecule has 3 nitrogen and oxygen atoms in total. The van der Waals surface area contributed by atoms with Gasteiger partial charge in [0, 0.05) is 28.1 Å². The molecule has 3 heteroatoms. The Balaban J connectivity index is 2.15. The van der Waals surface area contributed by atoms with Crippen LogP contribution in [0.3, 0.4) is 0 Å². The van der Waals surface area contributed by atoms with E-state index in [4.69, 9.17) is 0 Å². The molecule has 1 heterocycles. The molecule has 1 aromatic carbocycles. The lowest BCUT2D eigenvalue weighted by Gasteiger charge is -2.25. The van der Waals surface area contributed by atoms with Crippen molar-refractivity contribution in [3.8, 4) is 0 Å². The van der Waals surface area contributed by atoms with Crippen molar-refractivity contribution in [3.63, 3.8) is 0 Å². The molecule has 1 unspecified atom stereocenters. The van der Waals surface area contributed by atoms with Crippen LogP contribution in [-0.2, 0) is 0 Å². The normalized spacial score (nSPS) is 19.1. The van der Waals surface area contributed by atoms with Gasteiger partial charge in [-0.3, -0.25) is 0 Å². The number of hydrogen-bond acceptors (Lipinski definition) is 2. The molecule has 96 valence electrons. The maximum Gasteiger partial charge on any atom is 0.0505 e. The lowest BCUT2D eigenvalue weighted by Crippen LogP contribution is -2.29. The van der Waals surface area contributed by atoms with Crippen LogP contribution in [0.25, 0.3) is 10.9 Å². The van der Waals surface area contributed by atoms with Gasteiger partial charge in [-0.25, -0.2) is 0 Å². The molecule has 0 spiro atoms. The summed E-state index contributed by atoms with van der Waals surface area (Å²) in [6, 6.07) is 8.63. The van der Waals surface area contributed by atoms with E-state index in [1.54, 1.807) is 0 Å². The summed E-state index contributed by atoms with van der Waals surface area (Å²) in [5.41, 5.74) is 3.75. The summed E-state index contributed by atoms with van der Waals surface area (Å²) in [7, 11) is 1.99. The molecule has 3 rings (SSSR count). The quantitative estimate of drug-likeness (QED) is 0.774. The summed E-state index contributed by atoms with van der Waals surface area (Å²) in [6.45, 7) is 2.38. The van der Waals surface area contributed by atoms with Gasteiger partial charge in [0.2, 0.25) is 0 Å². The van der Waals surface area contributed by atoms with Crippen LogP contribution in [0, 0.1) is 12.3 Å². The summed E-state index contributed by atoms with van der Waals surface area (Å²) >= 11 is 0. The molecular formula is C15H20N2O. The molecular weight excluding hydrogens is 224 g/mol. The van der Waals surface area contributed by atoms with E-state index in [9.17, 15) is 5.11 Å². The van der Waals surface area contributed by atoms with Gasteiger partial charge >= 0.3 is 0 Å². The fourth-order valence-corrected chi connectivity index (χ4v) is 3.13. The Labute approximate surface area is 107 Å². The van der Waals surface area contributed by atoms with Crippen molar-refractivity contribution in [2.75, 3.05) is 13.7 Å². The Kier molecular flexibility index (Phi) is 2.68. The van der Waals surface area contributed by atoms with E-state index in [1.165, 1.54) is 22.2 Å². The Morgan fingerprint density at radius 3 is 2.72 bits per heavy atom. The van der Waals surface area contributed by atoms with Crippen LogP contribution in [0.1, 0.15) is 30.1 Å². The number of para-hydroxylation sites is 1. The number of fused-ring (bicyclic) bond motifs is 1. The molecule has 0 saturated heterocycles. The number of rotatable bonds is 4. The van der Waals surface area contributed by atoms with E-state index < -0.39 is 0 Å². The number of aliphatic hydroxyl groups is 1. The van der Waals surface area contributed by atoms with Crippen LogP contribution in [0.2, 0.25) is 0 Å². The molecule has 1 atom stereocenters. The highest BCUT2D eigenvalue weighted by Crippen LogP contribution is 2.55. The van der Waals surface area contributed by atoms with Crippen molar-refractivity contribution in [1.82, 2.24) is 10.3 Å². The van der Waals surface area contributed by atoms with Crippen LogP contribution in [0.15, 0.2) is 24.3 Å². The topological polar surface area (TPSA) is 48.0 Å². The predicted molar refractivity (Wildman–Crippen MR) is 73.6 cm³/mol. The third kappa shape index (κ3) is 1.58. The summed E-state index contributed by atoms with van der Waals surface area (Å²) < 4.78 is 0. The number of H-pyrrole nitrogens is 1. The molecule has 18 heavy (non-hydrogen) atoms. The first-order valence-electron chi connectivity index (χ1n) is 6.57. The number of aliphatic hydroxyl groups excluding tert-OH is 1. The minimum absolute atomic E-state index is 0.0461. The van der Waals surface area contributed by atoms with Gasteiger partial charge in [-0.2, -0.15) is 0 Å². The standard InChI is InChI=1S/C15H20N2O/c1-10-13(11-5-3-4-6-12(11)17-10)14(16-2)15(9-18)7-8-15/h3-6,14,16-18H,7-9H2,1-2H3. The summed E-state index contributed by atoms with van der Waals surface area (Å²) in [5, 5.41) is 14.4. The first-order chi connectivity index (χ1) is 8.72. The number of nitrogens with one attached hydrogen (secondary N) is 2. The molecule has 2 aromatic rings. The SMILES string of the molecule is CNC(c1c(C)[nH]c2ccccc12)C1(CO)CC1. The first-order valence-corrected chi connectivity index (χ1v) is 6.57. The maximum absolute atomic E-state index is 9.67. The number of hydrogen-bond donors (Lipinski definition) is 3. The maximum atomic E-state index is 9.67. The summed E-state index contributed by atoms with van der Waals surface area (Å²) in [4.78, 5) is 3.44. The third-order valence-corrected chi connectivity index (χ3v) is 4.34. The fraction of sp³-hybridized carbons (Fsp3) is 0.467. The Bertz CT molecular complexity index is 569. The predicted octanol–water partition coefficient (Wildman–Crippen LogP) is 2.51. The number of aromatic nitrogens is 1. The minimum atomic E-state index is 0.0461. The van der Waals surface area contributed by atoms with Gasteiger partial charge in [0.15, 0.2) is 0 Å². The molecule has 0 radical (unpaired) electrons. The number of aryl methyl sites for hydroxylation is 1. The van der Waals surface area contributed by atoms with Gasteiger partial charge in [-0.05, 0) is 38.4 Å². The van der Waals surface area contributed by atoms with Crippen molar-refractivity contribution < 1.29 is 5.11 Å². The number of aromatic amines is 1. The monoisotopic (exact) mass is 244 g/mol. The fourth-order valence-electron chi connectivity index (χ4n) is 3.13. The van der Waals surface area contributed by atoms with Gasteiger partial charge in [-0.15, -0.1) is 0 Å². The van der Waals surface area contributed by atoms with Crippen LogP contribution < -0.4 is 5.32 Å². The van der Waals surface area contributed by atoms with Crippen molar-refractivity contribution >= 4 is 10.9 Å². The van der Waals surface area contributed by atoms with Crippen molar-refractivity contribution in [2.24, 2.45) is 5.41 Å². The molecule has 1 fully saturated rings. The first kappa shape index (κ1) is 11.8. The lowest BCUT2D eigenvalue weighted by molar-refractivity contribution is 0.175. The van der Waals surface area contributed by atoms with E-state index in [-0.39, 0.29) is 18.1 Å². The molecule has 1 aromatic heterocycles. The van der Waals surface area contributed by atoms with Crippen molar-refractivity contribution in [3.05, 3.63) is 35.5 Å². The van der Waals surface area contributed by atoms with Crippen LogP contribution >= 0.6 is 0 Å². The zero-order valence-electron chi connectivity index (χ0n) is 11.0. The Morgan fingerprint density at radius 2 is 2.11 bits per heavy atom. The Morgan fingerprint density at radius 1 is 1.39 bits per heavy atom. The Hall–Kier alpha value is -1.32. The van der Waals surface area contributed by atoms with Crippen molar-refractivity contribution in [2.45, 2.75) is 25.8 Å². The molecule has 0 aliphatic heterocycles. The zero-order valence-corrected chi connectivity index (χ0v) is 11.0. The van der Waals surface area contributed by atoms with Gasteiger partial charge < -0.3 is 15.4 Å². The molecule has 0 amide bonds. The second-order valence-corrected chi connectivity index (χ2v) is 5.45. The van der Waals surface area contributed by atoms with E-state index in [0.717, 1.165) is 12.8 Å². The summed E-state index contributed by atoms with van der Waals surface area (Å²) in [5.74, 6) is 0. The molecule has 1 aliphatic rings. The molecule has 1 aliphatic carbocycles. The third-order valence-electron chi connectivity index (χ3n) is 4.34. The smallest absolute Gasteiger partial charge is 0.0505 e. The molecule has 0 bridgehead atoms. The summed E-state index contributed by atoms with van der Waals surface area (Å²) in [6.07, 6.45) is 2.21. The second-order valence-electron chi connectivity index (χ2n) is 5.45. The highest BCUT2D eigenvalue weighted by atomic mass is 16.3. The van der Waals surface area contributed by atoms with E-state index in [2.05, 4.69) is 41.5 Å². The lowest BCUT2D eigenvalue weighted by atomic mass is 9.89. The van der Waals surface area contributed by atoms with Crippen LogP contribution in [-0.4, -0.2) is 23.7 Å². The van der Waals surface area contributed by atoms with Gasteiger partial charge in [0.25, 0.3) is 0 Å². The minimum Gasteiger partial charge on any atom is -0.396 e. The second kappa shape index (κ2) is 4.11. The highest BCUT2D eigenvalue weighted by Gasteiger charge is 2.49.